The van der Waals surface area contributed by atoms with Crippen LogP contribution in [0, 0.1) is 0 Å². The molecule has 1 unspecified atom stereocenters. The van der Waals surface area contributed by atoms with E-state index in [0.29, 0.717) is 5.02 Å². The zero-order chi connectivity index (χ0) is 14.5. The Morgan fingerprint density at radius 1 is 1.20 bits per heavy atom. The fraction of sp³-hybridized carbons (Fsp3) is 0.267. The number of nitrogens with two attached hydrogens (primary N) is 1. The van der Waals surface area contributed by atoms with Crippen molar-refractivity contribution in [2.75, 3.05) is 0 Å². The van der Waals surface area contributed by atoms with Gasteiger partial charge in [0.25, 0.3) is 0 Å². The fourth-order valence-electron chi connectivity index (χ4n) is 1.75. The Balaban J connectivity index is 2.24. The smallest absolute Gasteiger partial charge is 0.101 e. The van der Waals surface area contributed by atoms with Crippen LogP contribution in [0.4, 0.5) is 0 Å². The number of hydrogen-bond acceptors (Lipinski definition) is 3. The maximum atomic E-state index is 6.09. The second-order valence-electron chi connectivity index (χ2n) is 4.54. The average Bonchev–Trinajstić information content (AvgIpc) is 2.44. The summed E-state index contributed by atoms with van der Waals surface area (Å²) in [5, 5.41) is 2.24. The molecule has 0 saturated carbocycles. The molecule has 0 fully saturated rings. The molecule has 5 heteroatoms. The van der Waals surface area contributed by atoms with Crippen molar-refractivity contribution in [1.29, 1.82) is 0 Å². The van der Waals surface area contributed by atoms with Crippen molar-refractivity contribution in [3.8, 4) is 0 Å². The minimum Gasteiger partial charge on any atom is -0.327 e. The van der Waals surface area contributed by atoms with Crippen molar-refractivity contribution >= 4 is 35.0 Å². The Bertz CT molecular complexity index is 573. The number of benzene rings is 1. The molecule has 0 amide bonds. The minimum absolute atomic E-state index is 0.161. The number of rotatable bonds is 5. The molecule has 0 spiro atoms. The molecule has 1 aromatic carbocycles. The first-order valence-electron chi connectivity index (χ1n) is 6.42. The zero-order valence-corrected chi connectivity index (χ0v) is 13.5. The first-order valence-corrected chi connectivity index (χ1v) is 7.99. The quantitative estimate of drug-likeness (QED) is 0.856. The molecule has 106 valence electrons. The van der Waals surface area contributed by atoms with Gasteiger partial charge in [0.05, 0.1) is 5.02 Å². The van der Waals surface area contributed by atoms with Crippen LogP contribution >= 0.6 is 35.0 Å². The van der Waals surface area contributed by atoms with E-state index in [-0.39, 0.29) is 6.04 Å². The van der Waals surface area contributed by atoms with Gasteiger partial charge in [0, 0.05) is 22.2 Å². The summed E-state index contributed by atoms with van der Waals surface area (Å²) in [5.74, 6) is 0. The average molecular weight is 327 g/mol. The van der Waals surface area contributed by atoms with Crippen LogP contribution in [0.3, 0.4) is 0 Å². The maximum Gasteiger partial charge on any atom is 0.101 e. The second kappa shape index (κ2) is 7.32. The number of nitrogens with zero attached hydrogens (tertiary/aromatic N) is 1. The number of hydrogen-bond donors (Lipinski definition) is 1. The van der Waals surface area contributed by atoms with Crippen molar-refractivity contribution in [1.82, 2.24) is 4.98 Å². The van der Waals surface area contributed by atoms with Gasteiger partial charge >= 0.3 is 0 Å². The molecule has 0 bridgehead atoms. The van der Waals surface area contributed by atoms with Crippen LogP contribution in [0.25, 0.3) is 0 Å². The molecule has 1 aromatic heterocycles. The second-order valence-corrected chi connectivity index (χ2v) is 6.48. The lowest BCUT2D eigenvalue weighted by Gasteiger charge is -2.13. The molecule has 2 aromatic rings. The van der Waals surface area contributed by atoms with E-state index in [1.165, 1.54) is 5.56 Å². The van der Waals surface area contributed by atoms with E-state index >= 15 is 0 Å². The highest BCUT2D eigenvalue weighted by Crippen LogP contribution is 2.32. The van der Waals surface area contributed by atoms with E-state index in [2.05, 4.69) is 11.9 Å². The lowest BCUT2D eigenvalue weighted by molar-refractivity contribution is 0.641. The molecule has 20 heavy (non-hydrogen) atoms. The van der Waals surface area contributed by atoms with Gasteiger partial charge in [0.2, 0.25) is 0 Å². The Morgan fingerprint density at radius 3 is 2.60 bits per heavy atom. The molecular formula is C15H16Cl2N2S. The third kappa shape index (κ3) is 4.38. The first kappa shape index (κ1) is 15.6. The van der Waals surface area contributed by atoms with E-state index < -0.39 is 0 Å². The van der Waals surface area contributed by atoms with E-state index in [1.54, 1.807) is 18.0 Å². The Kier molecular flexibility index (Phi) is 5.73. The third-order valence-electron chi connectivity index (χ3n) is 2.95. The van der Waals surface area contributed by atoms with E-state index in [4.69, 9.17) is 28.9 Å². The van der Waals surface area contributed by atoms with Gasteiger partial charge in [-0.15, -0.1) is 0 Å². The zero-order valence-electron chi connectivity index (χ0n) is 11.1. The van der Waals surface area contributed by atoms with Crippen LogP contribution in [0.15, 0.2) is 46.5 Å². The molecule has 0 aliphatic heterocycles. The fourth-order valence-corrected chi connectivity index (χ4v) is 3.04. The lowest BCUT2D eigenvalue weighted by atomic mass is 10.1. The summed E-state index contributed by atoms with van der Waals surface area (Å²) >= 11 is 13.5. The van der Waals surface area contributed by atoms with Crippen LogP contribution < -0.4 is 5.73 Å². The largest absolute Gasteiger partial charge is 0.327 e. The van der Waals surface area contributed by atoms with Gasteiger partial charge in [-0.05, 0) is 42.7 Å². The molecule has 0 radical (unpaired) electrons. The molecule has 1 heterocycles. The Labute approximate surface area is 133 Å². The van der Waals surface area contributed by atoms with Crippen LogP contribution in [-0.2, 0) is 6.42 Å². The highest BCUT2D eigenvalue weighted by Gasteiger charge is 2.10. The van der Waals surface area contributed by atoms with Gasteiger partial charge in [-0.25, -0.2) is 4.98 Å². The number of aromatic nitrogens is 1. The van der Waals surface area contributed by atoms with Crippen molar-refractivity contribution < 1.29 is 0 Å². The first-order chi connectivity index (χ1) is 9.58. The van der Waals surface area contributed by atoms with Crippen molar-refractivity contribution in [2.24, 2.45) is 5.73 Å². The Hall–Kier alpha value is -0.740. The van der Waals surface area contributed by atoms with Gasteiger partial charge in [-0.1, -0.05) is 48.0 Å². The standard InChI is InChI=1S/C15H16Cl2N2S/c1-2-13(18)7-10-3-4-11(16)8-14(10)20-15-6-5-12(17)9-19-15/h3-6,8-9,13H,2,7,18H2,1H3. The van der Waals surface area contributed by atoms with Gasteiger partial charge in [-0.2, -0.15) is 0 Å². The highest BCUT2D eigenvalue weighted by atomic mass is 35.5. The lowest BCUT2D eigenvalue weighted by Crippen LogP contribution is -2.21. The molecule has 0 aliphatic rings. The third-order valence-corrected chi connectivity index (χ3v) is 4.46. The van der Waals surface area contributed by atoms with E-state index in [9.17, 15) is 0 Å². The summed E-state index contributed by atoms with van der Waals surface area (Å²) in [4.78, 5) is 5.39. The molecule has 0 aliphatic carbocycles. The van der Waals surface area contributed by atoms with Gasteiger partial charge in [-0.3, -0.25) is 0 Å². The maximum absolute atomic E-state index is 6.09. The summed E-state index contributed by atoms with van der Waals surface area (Å²) in [7, 11) is 0. The molecule has 1 atom stereocenters. The summed E-state index contributed by atoms with van der Waals surface area (Å²) in [5.41, 5.74) is 7.25. The van der Waals surface area contributed by atoms with Crippen LogP contribution in [0.2, 0.25) is 10.0 Å². The topological polar surface area (TPSA) is 38.9 Å². The van der Waals surface area contributed by atoms with Gasteiger partial charge in [0.15, 0.2) is 0 Å². The Morgan fingerprint density at radius 2 is 1.95 bits per heavy atom. The highest BCUT2D eigenvalue weighted by molar-refractivity contribution is 7.99. The molecule has 2 N–H and O–H groups in total. The van der Waals surface area contributed by atoms with Crippen molar-refractivity contribution in [3.05, 3.63) is 52.1 Å². The van der Waals surface area contributed by atoms with Gasteiger partial charge < -0.3 is 5.73 Å². The predicted octanol–water partition coefficient (Wildman–Crippen LogP) is 4.82. The number of halogens is 2. The summed E-state index contributed by atoms with van der Waals surface area (Å²) in [6.45, 7) is 2.09. The normalized spacial score (nSPS) is 12.4. The number of pyridine rings is 1. The van der Waals surface area contributed by atoms with E-state index in [1.807, 2.05) is 30.3 Å². The summed E-state index contributed by atoms with van der Waals surface area (Å²) < 4.78 is 0. The predicted molar refractivity (Wildman–Crippen MR) is 86.8 cm³/mol. The van der Waals surface area contributed by atoms with Crippen molar-refractivity contribution in [2.45, 2.75) is 35.7 Å². The monoisotopic (exact) mass is 326 g/mol. The van der Waals surface area contributed by atoms with Gasteiger partial charge in [0.1, 0.15) is 5.03 Å². The molecule has 0 saturated heterocycles. The van der Waals surface area contributed by atoms with Crippen LogP contribution in [-0.4, -0.2) is 11.0 Å². The molecule has 2 rings (SSSR count). The molecule has 2 nitrogen and oxygen atoms in total. The van der Waals surface area contributed by atoms with Crippen LogP contribution in [0.1, 0.15) is 18.9 Å². The minimum atomic E-state index is 0.161. The summed E-state index contributed by atoms with van der Waals surface area (Å²) in [6, 6.07) is 9.79. The SMILES string of the molecule is CCC(N)Cc1ccc(Cl)cc1Sc1ccc(Cl)cn1. The summed E-state index contributed by atoms with van der Waals surface area (Å²) in [6.07, 6.45) is 3.43. The molecular weight excluding hydrogens is 311 g/mol. The van der Waals surface area contributed by atoms with Crippen LogP contribution in [0.5, 0.6) is 0 Å². The van der Waals surface area contributed by atoms with Crippen molar-refractivity contribution in [3.63, 3.8) is 0 Å². The van der Waals surface area contributed by atoms with E-state index in [0.717, 1.165) is 27.8 Å².